The Bertz CT molecular complexity index is 338. The Morgan fingerprint density at radius 3 is 2.53 bits per heavy atom. The third-order valence-electron chi connectivity index (χ3n) is 3.69. The van der Waals surface area contributed by atoms with Crippen molar-refractivity contribution in [3.05, 3.63) is 0 Å². The molecule has 0 aliphatic carbocycles. The number of rotatable bonds is 8. The van der Waals surface area contributed by atoms with Crippen molar-refractivity contribution in [1.82, 2.24) is 4.31 Å². The number of nitrogens with two attached hydrogens (primary N) is 1. The molecule has 1 unspecified atom stereocenters. The highest BCUT2D eigenvalue weighted by Crippen LogP contribution is 2.19. The van der Waals surface area contributed by atoms with Gasteiger partial charge in [-0.25, -0.2) is 12.7 Å². The van der Waals surface area contributed by atoms with Crippen LogP contribution in [-0.2, 0) is 14.8 Å². The lowest BCUT2D eigenvalue weighted by atomic mass is 10.1. The van der Waals surface area contributed by atoms with Gasteiger partial charge in [0.15, 0.2) is 0 Å². The van der Waals surface area contributed by atoms with Gasteiger partial charge in [-0.2, -0.15) is 0 Å². The summed E-state index contributed by atoms with van der Waals surface area (Å²) in [5, 5.41) is 0. The maximum atomic E-state index is 12.2. The molecule has 1 aliphatic rings. The second kappa shape index (κ2) is 8.19. The lowest BCUT2D eigenvalue weighted by Gasteiger charge is -2.31. The van der Waals surface area contributed by atoms with Gasteiger partial charge in [0.2, 0.25) is 10.0 Å². The van der Waals surface area contributed by atoms with Gasteiger partial charge in [-0.05, 0) is 31.7 Å². The molecule has 1 heterocycles. The number of sulfonamides is 1. The number of hydrogen-bond acceptors (Lipinski definition) is 4. The summed E-state index contributed by atoms with van der Waals surface area (Å²) in [6, 6.07) is 0. The minimum atomic E-state index is -3.09. The first-order valence-electron chi connectivity index (χ1n) is 7.29. The van der Waals surface area contributed by atoms with Crippen LogP contribution in [0.25, 0.3) is 0 Å². The molecular formula is C13H28N2O3S. The third kappa shape index (κ3) is 5.77. The molecule has 2 N–H and O–H groups in total. The minimum absolute atomic E-state index is 0.196. The molecule has 0 aromatic heterocycles. The van der Waals surface area contributed by atoms with E-state index in [1.54, 1.807) is 4.31 Å². The number of nitrogens with zero attached hydrogens (tertiary/aromatic N) is 1. The van der Waals surface area contributed by atoms with E-state index in [4.69, 9.17) is 10.5 Å². The summed E-state index contributed by atoms with van der Waals surface area (Å²) in [6.45, 7) is 6.51. The van der Waals surface area contributed by atoms with Crippen molar-refractivity contribution < 1.29 is 13.2 Å². The zero-order chi connectivity index (χ0) is 14.3. The van der Waals surface area contributed by atoms with Gasteiger partial charge in [-0.15, -0.1) is 0 Å². The Kier molecular flexibility index (Phi) is 7.28. The Hall–Kier alpha value is -0.170. The monoisotopic (exact) mass is 292 g/mol. The molecular weight excluding hydrogens is 264 g/mol. The van der Waals surface area contributed by atoms with Crippen LogP contribution in [0.5, 0.6) is 0 Å². The summed E-state index contributed by atoms with van der Waals surface area (Å²) < 4.78 is 31.7. The molecule has 0 amide bonds. The maximum absolute atomic E-state index is 12.2. The van der Waals surface area contributed by atoms with Crippen LogP contribution < -0.4 is 5.73 Å². The van der Waals surface area contributed by atoms with E-state index in [0.717, 1.165) is 25.7 Å². The fraction of sp³-hybridized carbons (Fsp3) is 1.00. The van der Waals surface area contributed by atoms with E-state index in [-0.39, 0.29) is 17.8 Å². The van der Waals surface area contributed by atoms with Crippen LogP contribution in [0.4, 0.5) is 0 Å². The van der Waals surface area contributed by atoms with Crippen molar-refractivity contribution in [2.24, 2.45) is 11.7 Å². The standard InChI is InChI=1S/C13H28N2O3S/c1-3-12(2)11-19(16,17)15-8-5-13(6-9-15)18-10-4-7-14/h12-13H,3-11,14H2,1-2H3. The number of ether oxygens (including phenoxy) is 1. The molecule has 1 rings (SSSR count). The number of hydrogen-bond donors (Lipinski definition) is 1. The molecule has 0 radical (unpaired) electrons. The van der Waals surface area contributed by atoms with E-state index in [0.29, 0.717) is 26.2 Å². The summed E-state index contributed by atoms with van der Waals surface area (Å²) in [5.74, 6) is 0.492. The molecule has 6 heteroatoms. The van der Waals surface area contributed by atoms with Crippen LogP contribution in [0, 0.1) is 5.92 Å². The van der Waals surface area contributed by atoms with Crippen LogP contribution >= 0.6 is 0 Å². The molecule has 1 fully saturated rings. The quantitative estimate of drug-likeness (QED) is 0.682. The van der Waals surface area contributed by atoms with E-state index in [1.807, 2.05) is 13.8 Å². The lowest BCUT2D eigenvalue weighted by molar-refractivity contribution is 0.0208. The molecule has 0 aromatic carbocycles. The molecule has 19 heavy (non-hydrogen) atoms. The molecule has 114 valence electrons. The van der Waals surface area contributed by atoms with Crippen LogP contribution in [0.3, 0.4) is 0 Å². The highest BCUT2D eigenvalue weighted by Gasteiger charge is 2.29. The Morgan fingerprint density at radius 1 is 1.37 bits per heavy atom. The van der Waals surface area contributed by atoms with Gasteiger partial charge >= 0.3 is 0 Å². The first-order chi connectivity index (χ1) is 8.99. The van der Waals surface area contributed by atoms with Gasteiger partial charge in [0, 0.05) is 19.7 Å². The van der Waals surface area contributed by atoms with Gasteiger partial charge in [0.25, 0.3) is 0 Å². The van der Waals surface area contributed by atoms with Gasteiger partial charge in [0.05, 0.1) is 11.9 Å². The van der Waals surface area contributed by atoms with E-state index in [1.165, 1.54) is 0 Å². The molecule has 0 aromatic rings. The van der Waals surface area contributed by atoms with Crippen molar-refractivity contribution in [2.75, 3.05) is 32.0 Å². The maximum Gasteiger partial charge on any atom is 0.214 e. The van der Waals surface area contributed by atoms with Crippen LogP contribution in [0.1, 0.15) is 39.5 Å². The summed E-state index contributed by atoms with van der Waals surface area (Å²) >= 11 is 0. The largest absolute Gasteiger partial charge is 0.378 e. The predicted octanol–water partition coefficient (Wildman–Crippen LogP) is 1.19. The zero-order valence-electron chi connectivity index (χ0n) is 12.2. The summed E-state index contributed by atoms with van der Waals surface area (Å²) in [7, 11) is -3.09. The molecule has 0 saturated carbocycles. The van der Waals surface area contributed by atoms with E-state index in [9.17, 15) is 8.42 Å². The van der Waals surface area contributed by atoms with Crippen LogP contribution in [-0.4, -0.2) is 50.8 Å². The summed E-state index contributed by atoms with van der Waals surface area (Å²) in [5.41, 5.74) is 5.42. The second-order valence-electron chi connectivity index (χ2n) is 5.40. The van der Waals surface area contributed by atoms with E-state index in [2.05, 4.69) is 0 Å². The molecule has 0 bridgehead atoms. The smallest absolute Gasteiger partial charge is 0.214 e. The van der Waals surface area contributed by atoms with Gasteiger partial charge in [-0.1, -0.05) is 20.3 Å². The molecule has 5 nitrogen and oxygen atoms in total. The fourth-order valence-electron chi connectivity index (χ4n) is 2.19. The molecule has 1 saturated heterocycles. The number of piperidine rings is 1. The van der Waals surface area contributed by atoms with Crippen molar-refractivity contribution >= 4 is 10.0 Å². The topological polar surface area (TPSA) is 72.6 Å². The Labute approximate surface area is 117 Å². The normalized spacial score (nSPS) is 20.6. The van der Waals surface area contributed by atoms with Crippen LogP contribution in [0.2, 0.25) is 0 Å². The fourth-order valence-corrected chi connectivity index (χ4v) is 4.13. The first-order valence-corrected chi connectivity index (χ1v) is 8.90. The SMILES string of the molecule is CCC(C)CS(=O)(=O)N1CCC(OCCCN)CC1. The van der Waals surface area contributed by atoms with Crippen molar-refractivity contribution in [3.8, 4) is 0 Å². The highest BCUT2D eigenvalue weighted by molar-refractivity contribution is 7.89. The van der Waals surface area contributed by atoms with Crippen LogP contribution in [0.15, 0.2) is 0 Å². The van der Waals surface area contributed by atoms with E-state index < -0.39 is 10.0 Å². The van der Waals surface area contributed by atoms with Crippen molar-refractivity contribution in [1.29, 1.82) is 0 Å². The Morgan fingerprint density at radius 2 is 2.00 bits per heavy atom. The van der Waals surface area contributed by atoms with E-state index >= 15 is 0 Å². The molecule has 1 atom stereocenters. The van der Waals surface area contributed by atoms with Crippen molar-refractivity contribution in [2.45, 2.75) is 45.6 Å². The minimum Gasteiger partial charge on any atom is -0.378 e. The highest BCUT2D eigenvalue weighted by atomic mass is 32.2. The molecule has 0 spiro atoms. The van der Waals surface area contributed by atoms with Crippen molar-refractivity contribution in [3.63, 3.8) is 0 Å². The Balaban J connectivity index is 2.36. The van der Waals surface area contributed by atoms with Gasteiger partial charge in [0.1, 0.15) is 0 Å². The average molecular weight is 292 g/mol. The molecule has 1 aliphatic heterocycles. The third-order valence-corrected chi connectivity index (χ3v) is 5.83. The lowest BCUT2D eigenvalue weighted by Crippen LogP contribution is -2.42. The van der Waals surface area contributed by atoms with Gasteiger partial charge < -0.3 is 10.5 Å². The second-order valence-corrected chi connectivity index (χ2v) is 7.42. The van der Waals surface area contributed by atoms with Gasteiger partial charge in [-0.3, -0.25) is 0 Å². The summed E-state index contributed by atoms with van der Waals surface area (Å²) in [6.07, 6.45) is 3.56. The average Bonchev–Trinajstić information content (AvgIpc) is 2.39. The summed E-state index contributed by atoms with van der Waals surface area (Å²) in [4.78, 5) is 0. The predicted molar refractivity (Wildman–Crippen MR) is 77.5 cm³/mol. The first kappa shape index (κ1) is 16.9. The zero-order valence-corrected chi connectivity index (χ0v) is 13.0.